The van der Waals surface area contributed by atoms with Gasteiger partial charge in [-0.05, 0) is 48.4 Å². The molecule has 8 heteroatoms. The predicted molar refractivity (Wildman–Crippen MR) is 102 cm³/mol. The third-order valence-corrected chi connectivity index (χ3v) is 7.07. The summed E-state index contributed by atoms with van der Waals surface area (Å²) in [6, 6.07) is 7.08. The normalized spacial score (nSPS) is 16.8. The van der Waals surface area contributed by atoms with E-state index in [9.17, 15) is 13.2 Å². The number of piperidine rings is 1. The minimum absolute atomic E-state index is 0.121. The molecule has 0 radical (unpaired) electrons. The number of hydrogen-bond donors (Lipinski definition) is 1. The molecule has 3 heterocycles. The van der Waals surface area contributed by atoms with E-state index in [2.05, 4.69) is 10.3 Å². The number of aromatic nitrogens is 1. The van der Waals surface area contributed by atoms with Crippen LogP contribution in [-0.2, 0) is 14.8 Å². The Labute approximate surface area is 157 Å². The van der Waals surface area contributed by atoms with E-state index in [-0.39, 0.29) is 16.7 Å². The molecule has 26 heavy (non-hydrogen) atoms. The minimum Gasteiger partial charge on any atom is -0.352 e. The topological polar surface area (TPSA) is 79.4 Å². The summed E-state index contributed by atoms with van der Waals surface area (Å²) in [6.07, 6.45) is 7.72. The highest BCUT2D eigenvalue weighted by Gasteiger charge is 2.29. The second-order valence-corrected chi connectivity index (χ2v) is 9.05. The maximum absolute atomic E-state index is 12.6. The highest BCUT2D eigenvalue weighted by atomic mass is 32.2. The van der Waals surface area contributed by atoms with E-state index in [4.69, 9.17) is 0 Å². The van der Waals surface area contributed by atoms with E-state index >= 15 is 0 Å². The van der Waals surface area contributed by atoms with E-state index in [0.29, 0.717) is 19.6 Å². The van der Waals surface area contributed by atoms with Gasteiger partial charge in [0.15, 0.2) is 0 Å². The van der Waals surface area contributed by atoms with Crippen molar-refractivity contribution in [3.8, 4) is 0 Å². The van der Waals surface area contributed by atoms with Crippen LogP contribution in [0.25, 0.3) is 6.08 Å². The van der Waals surface area contributed by atoms with Crippen LogP contribution in [0.1, 0.15) is 17.7 Å². The Kier molecular flexibility index (Phi) is 6.18. The maximum Gasteiger partial charge on any atom is 0.244 e. The Morgan fingerprint density at radius 1 is 1.31 bits per heavy atom. The van der Waals surface area contributed by atoms with Crippen molar-refractivity contribution in [2.45, 2.75) is 17.7 Å². The summed E-state index contributed by atoms with van der Waals surface area (Å²) in [6.45, 7) is 1.49. The molecule has 3 rings (SSSR count). The number of nitrogens with one attached hydrogen (secondary N) is 1. The summed E-state index contributed by atoms with van der Waals surface area (Å²) >= 11 is 1.58. The van der Waals surface area contributed by atoms with Crippen LogP contribution in [0, 0.1) is 5.92 Å². The van der Waals surface area contributed by atoms with Gasteiger partial charge < -0.3 is 5.32 Å². The van der Waals surface area contributed by atoms with Crippen LogP contribution in [0.2, 0.25) is 0 Å². The highest BCUT2D eigenvalue weighted by Crippen LogP contribution is 2.23. The average molecular weight is 392 g/mol. The summed E-state index contributed by atoms with van der Waals surface area (Å²) in [5.74, 6) is 0.165. The largest absolute Gasteiger partial charge is 0.352 e. The number of amides is 1. The Balaban J connectivity index is 1.46. The third kappa shape index (κ3) is 4.78. The molecule has 1 aliphatic rings. The third-order valence-electron chi connectivity index (χ3n) is 4.35. The van der Waals surface area contributed by atoms with Gasteiger partial charge in [-0.15, -0.1) is 11.3 Å². The van der Waals surface area contributed by atoms with Gasteiger partial charge in [-0.1, -0.05) is 6.07 Å². The molecule has 0 spiro atoms. The number of hydrogen-bond acceptors (Lipinski definition) is 5. The van der Waals surface area contributed by atoms with E-state index in [0.717, 1.165) is 17.7 Å². The summed E-state index contributed by atoms with van der Waals surface area (Å²) < 4.78 is 26.6. The van der Waals surface area contributed by atoms with Crippen molar-refractivity contribution in [2.75, 3.05) is 19.6 Å². The predicted octanol–water partition coefficient (Wildman–Crippen LogP) is 2.37. The number of rotatable bonds is 6. The molecule has 138 valence electrons. The van der Waals surface area contributed by atoms with Crippen LogP contribution in [0.4, 0.5) is 0 Å². The van der Waals surface area contributed by atoms with Gasteiger partial charge in [-0.3, -0.25) is 9.78 Å². The zero-order chi connectivity index (χ0) is 18.4. The van der Waals surface area contributed by atoms with Crippen LogP contribution in [0.5, 0.6) is 0 Å². The molecule has 1 saturated heterocycles. The Bertz CT molecular complexity index is 841. The standard InChI is InChI=1S/C18H21N3O3S2/c22-18(6-5-16-3-2-12-25-16)20-13-15-7-10-21(11-8-15)26(23,24)17-4-1-9-19-14-17/h1-6,9,12,14-15H,7-8,10-11,13H2,(H,20,22)/b6-5+. The summed E-state index contributed by atoms with van der Waals surface area (Å²) in [7, 11) is -3.48. The number of pyridine rings is 1. The number of sulfonamides is 1. The smallest absolute Gasteiger partial charge is 0.244 e. The summed E-state index contributed by atoms with van der Waals surface area (Å²) in [5.41, 5.74) is 0. The monoisotopic (exact) mass is 391 g/mol. The van der Waals surface area contributed by atoms with Crippen molar-refractivity contribution in [3.63, 3.8) is 0 Å². The Morgan fingerprint density at radius 2 is 2.12 bits per heavy atom. The first-order valence-corrected chi connectivity index (χ1v) is 10.8. The number of thiophene rings is 1. The van der Waals surface area contributed by atoms with Gasteiger partial charge in [0.2, 0.25) is 15.9 Å². The van der Waals surface area contributed by atoms with E-state index < -0.39 is 10.0 Å². The fraction of sp³-hybridized carbons (Fsp3) is 0.333. The van der Waals surface area contributed by atoms with Crippen LogP contribution in [0.3, 0.4) is 0 Å². The molecule has 0 unspecified atom stereocenters. The molecule has 2 aromatic heterocycles. The molecule has 1 fully saturated rings. The van der Waals surface area contributed by atoms with Gasteiger partial charge >= 0.3 is 0 Å². The van der Waals surface area contributed by atoms with Crippen molar-refractivity contribution >= 4 is 33.3 Å². The summed E-state index contributed by atoms with van der Waals surface area (Å²) in [4.78, 5) is 17.0. The van der Waals surface area contributed by atoms with Crippen molar-refractivity contribution in [2.24, 2.45) is 5.92 Å². The quantitative estimate of drug-likeness (QED) is 0.767. The Morgan fingerprint density at radius 3 is 2.77 bits per heavy atom. The van der Waals surface area contributed by atoms with Crippen molar-refractivity contribution in [1.82, 2.24) is 14.6 Å². The van der Waals surface area contributed by atoms with Gasteiger partial charge in [-0.25, -0.2) is 8.42 Å². The van der Waals surface area contributed by atoms with Crippen LogP contribution in [0.15, 0.2) is 53.0 Å². The van der Waals surface area contributed by atoms with Crippen LogP contribution >= 0.6 is 11.3 Å². The number of carbonyl (C=O) groups excluding carboxylic acids is 1. The Hall–Kier alpha value is -2.03. The lowest BCUT2D eigenvalue weighted by Gasteiger charge is -2.31. The summed E-state index contributed by atoms with van der Waals surface area (Å²) in [5, 5.41) is 4.86. The molecule has 0 saturated carbocycles. The SMILES string of the molecule is O=C(/C=C/c1cccs1)NCC1CCN(S(=O)(=O)c2cccnc2)CC1. The molecule has 1 N–H and O–H groups in total. The first kappa shape index (κ1) is 18.8. The molecule has 6 nitrogen and oxygen atoms in total. The van der Waals surface area contributed by atoms with Crippen molar-refractivity contribution in [1.29, 1.82) is 0 Å². The van der Waals surface area contributed by atoms with Crippen molar-refractivity contribution in [3.05, 3.63) is 53.0 Å². The zero-order valence-corrected chi connectivity index (χ0v) is 15.9. The number of carbonyl (C=O) groups is 1. The molecule has 0 aliphatic carbocycles. The van der Waals surface area contributed by atoms with Gasteiger partial charge in [0.1, 0.15) is 4.90 Å². The lowest BCUT2D eigenvalue weighted by Crippen LogP contribution is -2.41. The van der Waals surface area contributed by atoms with Crippen LogP contribution in [-0.4, -0.2) is 43.2 Å². The molecule has 2 aromatic rings. The highest BCUT2D eigenvalue weighted by molar-refractivity contribution is 7.89. The fourth-order valence-corrected chi connectivity index (χ4v) is 4.90. The number of nitrogens with zero attached hydrogens (tertiary/aromatic N) is 2. The second-order valence-electron chi connectivity index (χ2n) is 6.13. The van der Waals surface area contributed by atoms with Crippen LogP contribution < -0.4 is 5.32 Å². The zero-order valence-electron chi connectivity index (χ0n) is 14.2. The fourth-order valence-electron chi connectivity index (χ4n) is 2.85. The van der Waals surface area contributed by atoms with Gasteiger partial charge in [-0.2, -0.15) is 4.31 Å². The maximum atomic E-state index is 12.6. The lowest BCUT2D eigenvalue weighted by molar-refractivity contribution is -0.116. The minimum atomic E-state index is -3.48. The molecular formula is C18H21N3O3S2. The van der Waals surface area contributed by atoms with Gasteiger partial charge in [0, 0.05) is 43.0 Å². The van der Waals surface area contributed by atoms with E-state index in [1.807, 2.05) is 17.5 Å². The lowest BCUT2D eigenvalue weighted by atomic mass is 9.98. The molecule has 0 atom stereocenters. The molecule has 1 amide bonds. The molecule has 0 bridgehead atoms. The molecule has 0 aromatic carbocycles. The van der Waals surface area contributed by atoms with E-state index in [1.165, 1.54) is 16.6 Å². The first-order valence-electron chi connectivity index (χ1n) is 8.45. The second kappa shape index (κ2) is 8.57. The molecule has 1 aliphatic heterocycles. The van der Waals surface area contributed by atoms with Crippen molar-refractivity contribution < 1.29 is 13.2 Å². The van der Waals surface area contributed by atoms with Gasteiger partial charge in [0.05, 0.1) is 0 Å². The first-order chi connectivity index (χ1) is 12.6. The van der Waals surface area contributed by atoms with E-state index in [1.54, 1.807) is 35.7 Å². The average Bonchev–Trinajstić information content (AvgIpc) is 3.19. The van der Waals surface area contributed by atoms with Gasteiger partial charge in [0.25, 0.3) is 0 Å². The molecular weight excluding hydrogens is 370 g/mol.